The second-order valence-electron chi connectivity index (χ2n) is 5.11. The van der Waals surface area contributed by atoms with E-state index in [0.717, 1.165) is 21.3 Å². The molecule has 1 N–H and O–H groups in total. The van der Waals surface area contributed by atoms with Crippen molar-refractivity contribution in [3.63, 3.8) is 0 Å². The van der Waals surface area contributed by atoms with Crippen molar-refractivity contribution in [1.29, 1.82) is 0 Å². The van der Waals surface area contributed by atoms with Crippen molar-refractivity contribution >= 4 is 27.5 Å². The van der Waals surface area contributed by atoms with E-state index in [0.29, 0.717) is 17.9 Å². The average molecular weight is 375 g/mol. The van der Waals surface area contributed by atoms with E-state index in [1.807, 2.05) is 44.2 Å². The SMILES string of the molecule is CCOc1ccc(-c2nc3c(C)cc(Br)cn3c2C(=O)O)cc1. The molecule has 2 aromatic heterocycles. The summed E-state index contributed by atoms with van der Waals surface area (Å²) in [5, 5.41) is 9.63. The number of aryl methyl sites for hydroxylation is 1. The van der Waals surface area contributed by atoms with Gasteiger partial charge in [-0.1, -0.05) is 0 Å². The number of fused-ring (bicyclic) bond motifs is 1. The van der Waals surface area contributed by atoms with E-state index in [1.165, 1.54) is 0 Å². The Morgan fingerprint density at radius 3 is 2.65 bits per heavy atom. The lowest BCUT2D eigenvalue weighted by atomic mass is 10.1. The van der Waals surface area contributed by atoms with Gasteiger partial charge in [0.15, 0.2) is 5.69 Å². The van der Waals surface area contributed by atoms with E-state index in [4.69, 9.17) is 4.74 Å². The highest BCUT2D eigenvalue weighted by atomic mass is 79.9. The molecule has 118 valence electrons. The van der Waals surface area contributed by atoms with Gasteiger partial charge >= 0.3 is 5.97 Å². The quantitative estimate of drug-likeness (QED) is 0.744. The fraction of sp³-hybridized carbons (Fsp3) is 0.176. The van der Waals surface area contributed by atoms with Crippen LogP contribution in [0.25, 0.3) is 16.9 Å². The van der Waals surface area contributed by atoms with Crippen molar-refractivity contribution < 1.29 is 14.6 Å². The standard InChI is InChI=1S/C17H15BrN2O3/c1-3-23-13-6-4-11(5-7-13)14-15(17(21)22)20-9-12(18)8-10(2)16(20)19-14/h4-9H,3H2,1-2H3,(H,21,22). The first kappa shape index (κ1) is 15.6. The lowest BCUT2D eigenvalue weighted by molar-refractivity contribution is 0.0690. The largest absolute Gasteiger partial charge is 0.494 e. The summed E-state index contributed by atoms with van der Waals surface area (Å²) >= 11 is 3.40. The van der Waals surface area contributed by atoms with Gasteiger partial charge in [0.2, 0.25) is 0 Å². The number of imidazole rings is 1. The number of carbonyl (C=O) groups is 1. The van der Waals surface area contributed by atoms with E-state index in [9.17, 15) is 9.90 Å². The minimum absolute atomic E-state index is 0.147. The van der Waals surface area contributed by atoms with Crippen molar-refractivity contribution in [2.75, 3.05) is 6.61 Å². The smallest absolute Gasteiger partial charge is 0.355 e. The molecule has 3 aromatic rings. The lowest BCUT2D eigenvalue weighted by Gasteiger charge is -2.04. The Labute approximate surface area is 141 Å². The van der Waals surface area contributed by atoms with E-state index in [-0.39, 0.29) is 5.69 Å². The van der Waals surface area contributed by atoms with Gasteiger partial charge in [-0.25, -0.2) is 9.78 Å². The van der Waals surface area contributed by atoms with Gasteiger partial charge < -0.3 is 9.84 Å². The van der Waals surface area contributed by atoms with Crippen molar-refractivity contribution in [2.24, 2.45) is 0 Å². The summed E-state index contributed by atoms with van der Waals surface area (Å²) in [6, 6.07) is 9.19. The first-order valence-electron chi connectivity index (χ1n) is 7.16. The van der Waals surface area contributed by atoms with Crippen LogP contribution in [0.2, 0.25) is 0 Å². The maximum Gasteiger partial charge on any atom is 0.355 e. The molecule has 23 heavy (non-hydrogen) atoms. The average Bonchev–Trinajstić information content (AvgIpc) is 2.88. The monoisotopic (exact) mass is 374 g/mol. The predicted molar refractivity (Wildman–Crippen MR) is 91.2 cm³/mol. The molecule has 0 bridgehead atoms. The number of rotatable bonds is 4. The molecule has 0 saturated carbocycles. The maximum atomic E-state index is 11.8. The van der Waals surface area contributed by atoms with Crippen molar-refractivity contribution in [3.8, 4) is 17.0 Å². The van der Waals surface area contributed by atoms with Crippen LogP contribution in [0.4, 0.5) is 0 Å². The zero-order chi connectivity index (χ0) is 16.6. The number of hydrogen-bond donors (Lipinski definition) is 1. The molecule has 0 spiro atoms. The molecule has 0 aliphatic heterocycles. The fourth-order valence-electron chi connectivity index (χ4n) is 2.55. The topological polar surface area (TPSA) is 63.8 Å². The second kappa shape index (κ2) is 6.04. The molecular formula is C17H15BrN2O3. The Bertz CT molecular complexity index is 885. The van der Waals surface area contributed by atoms with Crippen LogP contribution in [-0.2, 0) is 0 Å². The third kappa shape index (κ3) is 2.82. The van der Waals surface area contributed by atoms with Crippen LogP contribution in [-0.4, -0.2) is 27.1 Å². The molecule has 2 heterocycles. The van der Waals surface area contributed by atoms with Gasteiger partial charge in [0.1, 0.15) is 17.1 Å². The van der Waals surface area contributed by atoms with Crippen LogP contribution < -0.4 is 4.74 Å². The Morgan fingerprint density at radius 2 is 2.04 bits per heavy atom. The van der Waals surface area contributed by atoms with E-state index >= 15 is 0 Å². The van der Waals surface area contributed by atoms with Crippen LogP contribution >= 0.6 is 15.9 Å². The number of carboxylic acids is 1. The first-order valence-corrected chi connectivity index (χ1v) is 7.95. The normalized spacial score (nSPS) is 10.9. The fourth-order valence-corrected chi connectivity index (χ4v) is 3.10. The summed E-state index contributed by atoms with van der Waals surface area (Å²) in [4.78, 5) is 16.3. The zero-order valence-electron chi connectivity index (χ0n) is 12.7. The molecule has 6 heteroatoms. The number of ether oxygens (including phenoxy) is 1. The molecule has 0 saturated heterocycles. The van der Waals surface area contributed by atoms with Crippen LogP contribution in [0.15, 0.2) is 41.0 Å². The zero-order valence-corrected chi connectivity index (χ0v) is 14.3. The van der Waals surface area contributed by atoms with Crippen LogP contribution in [0, 0.1) is 6.92 Å². The van der Waals surface area contributed by atoms with Gasteiger partial charge in [-0.05, 0) is 65.7 Å². The lowest BCUT2D eigenvalue weighted by Crippen LogP contribution is -2.04. The highest BCUT2D eigenvalue weighted by Crippen LogP contribution is 2.29. The molecular weight excluding hydrogens is 360 g/mol. The van der Waals surface area contributed by atoms with Crippen molar-refractivity contribution in [3.05, 3.63) is 52.3 Å². The number of pyridine rings is 1. The highest BCUT2D eigenvalue weighted by molar-refractivity contribution is 9.10. The third-order valence-electron chi connectivity index (χ3n) is 3.51. The molecule has 0 unspecified atom stereocenters. The summed E-state index contributed by atoms with van der Waals surface area (Å²) < 4.78 is 7.83. The Kier molecular flexibility index (Phi) is 4.09. The van der Waals surface area contributed by atoms with Crippen LogP contribution in [0.1, 0.15) is 23.0 Å². The maximum absolute atomic E-state index is 11.8. The van der Waals surface area contributed by atoms with Crippen molar-refractivity contribution in [2.45, 2.75) is 13.8 Å². The molecule has 0 radical (unpaired) electrons. The third-order valence-corrected chi connectivity index (χ3v) is 3.95. The number of nitrogens with zero attached hydrogens (tertiary/aromatic N) is 2. The van der Waals surface area contributed by atoms with Gasteiger partial charge in [0.25, 0.3) is 0 Å². The molecule has 1 aromatic carbocycles. The van der Waals surface area contributed by atoms with E-state index in [1.54, 1.807) is 10.6 Å². The number of halogens is 1. The summed E-state index contributed by atoms with van der Waals surface area (Å²) in [7, 11) is 0. The molecule has 5 nitrogen and oxygen atoms in total. The highest BCUT2D eigenvalue weighted by Gasteiger charge is 2.21. The van der Waals surface area contributed by atoms with Crippen LogP contribution in [0.3, 0.4) is 0 Å². The molecule has 0 amide bonds. The minimum Gasteiger partial charge on any atom is -0.494 e. The van der Waals surface area contributed by atoms with Gasteiger partial charge in [-0.3, -0.25) is 4.40 Å². The first-order chi connectivity index (χ1) is 11.0. The number of hydrogen-bond acceptors (Lipinski definition) is 3. The molecule has 0 aliphatic rings. The van der Waals surface area contributed by atoms with Gasteiger partial charge in [-0.2, -0.15) is 0 Å². The summed E-state index contributed by atoms with van der Waals surface area (Å²) in [6.07, 6.45) is 1.72. The Morgan fingerprint density at radius 1 is 1.35 bits per heavy atom. The Balaban J connectivity index is 2.22. The summed E-state index contributed by atoms with van der Waals surface area (Å²) in [5.74, 6) is -0.269. The second-order valence-corrected chi connectivity index (χ2v) is 6.02. The number of aromatic nitrogens is 2. The molecule has 0 fully saturated rings. The predicted octanol–water partition coefficient (Wildman–Crippen LogP) is 4.17. The minimum atomic E-state index is -1.01. The van der Waals surface area contributed by atoms with Gasteiger partial charge in [0.05, 0.1) is 6.61 Å². The number of aromatic carboxylic acids is 1. The number of benzene rings is 1. The van der Waals surface area contributed by atoms with Gasteiger partial charge in [-0.15, -0.1) is 0 Å². The van der Waals surface area contributed by atoms with E-state index < -0.39 is 5.97 Å². The molecule has 0 atom stereocenters. The number of carboxylic acid groups (broad SMARTS) is 1. The van der Waals surface area contributed by atoms with E-state index in [2.05, 4.69) is 20.9 Å². The summed E-state index contributed by atoms with van der Waals surface area (Å²) in [5.41, 5.74) is 2.87. The summed E-state index contributed by atoms with van der Waals surface area (Å²) in [6.45, 7) is 4.40. The molecule has 3 rings (SSSR count). The Hall–Kier alpha value is -2.34. The van der Waals surface area contributed by atoms with Crippen LogP contribution in [0.5, 0.6) is 5.75 Å². The molecule has 0 aliphatic carbocycles. The van der Waals surface area contributed by atoms with Gasteiger partial charge in [0, 0.05) is 16.2 Å². The van der Waals surface area contributed by atoms with Crippen molar-refractivity contribution in [1.82, 2.24) is 9.38 Å².